The predicted molar refractivity (Wildman–Crippen MR) is 73.0 cm³/mol. The number of hydrogen-bond donors (Lipinski definition) is 1. The van der Waals surface area contributed by atoms with Crippen molar-refractivity contribution in [1.82, 2.24) is 10.2 Å². The number of rotatable bonds is 4. The Morgan fingerprint density at radius 2 is 2.17 bits per heavy atom. The maximum Gasteiger partial charge on any atom is 0.123 e. The molecule has 1 fully saturated rings. The van der Waals surface area contributed by atoms with Gasteiger partial charge >= 0.3 is 0 Å². The van der Waals surface area contributed by atoms with Crippen LogP contribution >= 0.6 is 0 Å². The highest BCUT2D eigenvalue weighted by atomic mass is 19.1. The minimum atomic E-state index is -0.158. The summed E-state index contributed by atoms with van der Waals surface area (Å²) in [7, 11) is 0. The monoisotopic (exact) mass is 248 g/mol. The van der Waals surface area contributed by atoms with Gasteiger partial charge in [0.05, 0.1) is 0 Å². The van der Waals surface area contributed by atoms with Gasteiger partial charge in [-0.1, -0.05) is 17.7 Å². The normalized spacial score (nSPS) is 18.6. The van der Waals surface area contributed by atoms with Gasteiger partial charge in [0.15, 0.2) is 0 Å². The molecule has 0 amide bonds. The van der Waals surface area contributed by atoms with Gasteiger partial charge in [0.25, 0.3) is 0 Å². The van der Waals surface area contributed by atoms with Crippen LogP contribution in [-0.2, 0) is 0 Å². The fraction of sp³-hybridized carbons (Fsp3) is 0.467. The Balaban J connectivity index is 2.20. The molecule has 1 aromatic rings. The van der Waals surface area contributed by atoms with Crippen LogP contribution in [0.25, 0.3) is 0 Å². The molecule has 2 rings (SSSR count). The molecule has 18 heavy (non-hydrogen) atoms. The van der Waals surface area contributed by atoms with Crippen molar-refractivity contribution in [1.29, 1.82) is 0 Å². The van der Waals surface area contributed by atoms with Crippen LogP contribution in [0, 0.1) is 5.82 Å². The van der Waals surface area contributed by atoms with E-state index in [0.29, 0.717) is 0 Å². The maximum atomic E-state index is 13.4. The minimum absolute atomic E-state index is 0.158. The second-order valence-corrected chi connectivity index (χ2v) is 5.02. The van der Waals surface area contributed by atoms with E-state index in [1.807, 2.05) is 13.0 Å². The van der Waals surface area contributed by atoms with Gasteiger partial charge in [-0.2, -0.15) is 0 Å². The summed E-state index contributed by atoms with van der Waals surface area (Å²) in [6.07, 6.45) is 0.892. The first-order chi connectivity index (χ1) is 8.66. The smallest absolute Gasteiger partial charge is 0.123 e. The van der Waals surface area contributed by atoms with Gasteiger partial charge in [-0.25, -0.2) is 4.39 Å². The van der Waals surface area contributed by atoms with Crippen LogP contribution < -0.4 is 5.32 Å². The summed E-state index contributed by atoms with van der Waals surface area (Å²) in [6, 6.07) is 7.20. The average Bonchev–Trinajstić information content (AvgIpc) is 2.37. The lowest BCUT2D eigenvalue weighted by Gasteiger charge is -2.35. The summed E-state index contributed by atoms with van der Waals surface area (Å²) in [5, 5.41) is 3.35. The molecule has 1 heterocycles. The van der Waals surface area contributed by atoms with E-state index >= 15 is 0 Å². The molecule has 0 aliphatic carbocycles. The Labute approximate surface area is 108 Å². The first-order valence-electron chi connectivity index (χ1n) is 6.51. The van der Waals surface area contributed by atoms with Crippen LogP contribution in [0.4, 0.5) is 4.39 Å². The van der Waals surface area contributed by atoms with Crippen molar-refractivity contribution in [2.45, 2.75) is 19.4 Å². The Morgan fingerprint density at radius 1 is 1.44 bits per heavy atom. The van der Waals surface area contributed by atoms with Crippen LogP contribution in [0.2, 0.25) is 0 Å². The summed E-state index contributed by atoms with van der Waals surface area (Å²) in [4.78, 5) is 2.42. The standard InChI is InChI=1S/C15H21FN2/c1-12(2)10-15(18-8-6-17-7-9-18)13-4-3-5-14(16)11-13/h3-5,11,15,17H,1,6-10H2,2H3/t15-/m1/s1. The number of nitrogens with zero attached hydrogens (tertiary/aromatic N) is 1. The SMILES string of the molecule is C=C(C)C[C@H](c1cccc(F)c1)N1CCNCC1. The summed E-state index contributed by atoms with van der Waals surface area (Å²) in [5.41, 5.74) is 2.20. The van der Waals surface area contributed by atoms with E-state index in [2.05, 4.69) is 16.8 Å². The molecule has 2 nitrogen and oxygen atoms in total. The molecule has 1 aliphatic rings. The number of hydrogen-bond acceptors (Lipinski definition) is 2. The lowest BCUT2D eigenvalue weighted by atomic mass is 9.98. The molecule has 3 heteroatoms. The number of nitrogens with one attached hydrogen (secondary N) is 1. The summed E-state index contributed by atoms with van der Waals surface area (Å²) in [5.74, 6) is -0.158. The Morgan fingerprint density at radius 3 is 2.78 bits per heavy atom. The molecule has 1 saturated heterocycles. The maximum absolute atomic E-state index is 13.4. The summed E-state index contributed by atoms with van der Waals surface area (Å²) >= 11 is 0. The topological polar surface area (TPSA) is 15.3 Å². The van der Waals surface area contributed by atoms with E-state index in [9.17, 15) is 4.39 Å². The third-order valence-corrected chi connectivity index (χ3v) is 3.37. The number of piperazine rings is 1. The van der Waals surface area contributed by atoms with Crippen LogP contribution in [-0.4, -0.2) is 31.1 Å². The quantitative estimate of drug-likeness (QED) is 0.824. The van der Waals surface area contributed by atoms with Gasteiger partial charge in [-0.15, -0.1) is 6.58 Å². The third-order valence-electron chi connectivity index (χ3n) is 3.37. The molecule has 1 atom stereocenters. The van der Waals surface area contributed by atoms with Crippen molar-refractivity contribution >= 4 is 0 Å². The first kappa shape index (κ1) is 13.2. The Hall–Kier alpha value is -1.19. The Kier molecular flexibility index (Phi) is 4.50. The van der Waals surface area contributed by atoms with Crippen molar-refractivity contribution in [3.63, 3.8) is 0 Å². The van der Waals surface area contributed by atoms with Gasteiger partial charge in [0.2, 0.25) is 0 Å². The van der Waals surface area contributed by atoms with E-state index in [1.54, 1.807) is 12.1 Å². The molecular formula is C15H21FN2. The first-order valence-corrected chi connectivity index (χ1v) is 6.51. The third kappa shape index (κ3) is 3.40. The second kappa shape index (κ2) is 6.12. The van der Waals surface area contributed by atoms with Gasteiger partial charge in [-0.3, -0.25) is 4.90 Å². The Bertz CT molecular complexity index is 411. The molecule has 1 aliphatic heterocycles. The highest BCUT2D eigenvalue weighted by Gasteiger charge is 2.22. The van der Waals surface area contributed by atoms with E-state index < -0.39 is 0 Å². The number of benzene rings is 1. The lowest BCUT2D eigenvalue weighted by molar-refractivity contribution is 0.172. The van der Waals surface area contributed by atoms with Gasteiger partial charge in [0.1, 0.15) is 5.82 Å². The molecule has 1 N–H and O–H groups in total. The summed E-state index contributed by atoms with van der Waals surface area (Å²) in [6.45, 7) is 10.1. The molecule has 0 unspecified atom stereocenters. The van der Waals surface area contributed by atoms with Crippen molar-refractivity contribution in [3.8, 4) is 0 Å². The van der Waals surface area contributed by atoms with Crippen molar-refractivity contribution in [2.75, 3.05) is 26.2 Å². The second-order valence-electron chi connectivity index (χ2n) is 5.02. The predicted octanol–water partition coefficient (Wildman–Crippen LogP) is 2.74. The van der Waals surface area contributed by atoms with Crippen LogP contribution in [0.3, 0.4) is 0 Å². The molecular weight excluding hydrogens is 227 g/mol. The van der Waals surface area contributed by atoms with Crippen LogP contribution in [0.15, 0.2) is 36.4 Å². The highest BCUT2D eigenvalue weighted by Crippen LogP contribution is 2.27. The van der Waals surface area contributed by atoms with Crippen molar-refractivity contribution in [3.05, 3.63) is 47.8 Å². The molecule has 0 spiro atoms. The average molecular weight is 248 g/mol. The van der Waals surface area contributed by atoms with E-state index in [4.69, 9.17) is 0 Å². The van der Waals surface area contributed by atoms with Crippen LogP contribution in [0.5, 0.6) is 0 Å². The van der Waals surface area contributed by atoms with Gasteiger partial charge in [-0.05, 0) is 31.0 Å². The zero-order chi connectivity index (χ0) is 13.0. The zero-order valence-corrected chi connectivity index (χ0v) is 11.0. The highest BCUT2D eigenvalue weighted by molar-refractivity contribution is 5.22. The van der Waals surface area contributed by atoms with Gasteiger partial charge in [0, 0.05) is 32.2 Å². The van der Waals surface area contributed by atoms with Crippen molar-refractivity contribution < 1.29 is 4.39 Å². The fourth-order valence-corrected chi connectivity index (χ4v) is 2.50. The molecule has 0 radical (unpaired) electrons. The molecule has 0 saturated carbocycles. The van der Waals surface area contributed by atoms with E-state index in [-0.39, 0.29) is 11.9 Å². The van der Waals surface area contributed by atoms with Crippen molar-refractivity contribution in [2.24, 2.45) is 0 Å². The van der Waals surface area contributed by atoms with Gasteiger partial charge < -0.3 is 5.32 Å². The van der Waals surface area contributed by atoms with E-state index in [1.165, 1.54) is 6.07 Å². The lowest BCUT2D eigenvalue weighted by Crippen LogP contribution is -2.45. The minimum Gasteiger partial charge on any atom is -0.314 e. The molecule has 0 bridgehead atoms. The molecule has 0 aromatic heterocycles. The fourth-order valence-electron chi connectivity index (χ4n) is 2.50. The number of halogens is 1. The van der Waals surface area contributed by atoms with E-state index in [0.717, 1.165) is 43.7 Å². The summed E-state index contributed by atoms with van der Waals surface area (Å²) < 4.78 is 13.4. The largest absolute Gasteiger partial charge is 0.314 e. The zero-order valence-electron chi connectivity index (χ0n) is 11.0. The molecule has 1 aromatic carbocycles. The van der Waals surface area contributed by atoms with Crippen LogP contribution in [0.1, 0.15) is 24.9 Å². The molecule has 98 valence electrons.